The lowest BCUT2D eigenvalue weighted by atomic mass is 9.94. The van der Waals surface area contributed by atoms with Gasteiger partial charge in [0.15, 0.2) is 5.52 Å². The first kappa shape index (κ1) is 8.40. The molecule has 0 amide bonds. The molecule has 0 atom stereocenters. The van der Waals surface area contributed by atoms with E-state index in [0.29, 0.717) is 5.52 Å². The highest BCUT2D eigenvalue weighted by Gasteiger charge is 2.22. The van der Waals surface area contributed by atoms with E-state index in [1.54, 1.807) is 6.07 Å². The summed E-state index contributed by atoms with van der Waals surface area (Å²) in [6.45, 7) is 0. The zero-order valence-electron chi connectivity index (χ0n) is 7.99. The molecule has 0 saturated carbocycles. The van der Waals surface area contributed by atoms with Gasteiger partial charge in [-0.15, -0.1) is 0 Å². The number of nitro groups is 1. The summed E-state index contributed by atoms with van der Waals surface area (Å²) in [6, 6.07) is 3.40. The fraction of sp³-hybridized carbons (Fsp3) is 0.300. The highest BCUT2D eigenvalue weighted by molar-refractivity contribution is 5.92. The van der Waals surface area contributed by atoms with E-state index in [-0.39, 0.29) is 10.6 Å². The predicted octanol–water partition coefficient (Wildman–Crippen LogP) is 1.96. The van der Waals surface area contributed by atoms with Crippen molar-refractivity contribution in [2.75, 3.05) is 0 Å². The van der Waals surface area contributed by atoms with E-state index in [1.807, 2.05) is 6.07 Å². The first-order valence-corrected chi connectivity index (χ1v) is 4.90. The van der Waals surface area contributed by atoms with Crippen molar-refractivity contribution in [3.05, 3.63) is 33.5 Å². The molecular formula is C10H9N3O2. The van der Waals surface area contributed by atoms with Gasteiger partial charge in [-0.2, -0.15) is 5.10 Å². The molecule has 76 valence electrons. The van der Waals surface area contributed by atoms with Crippen LogP contribution in [0.25, 0.3) is 10.9 Å². The molecule has 5 nitrogen and oxygen atoms in total. The highest BCUT2D eigenvalue weighted by Crippen LogP contribution is 2.33. The zero-order chi connectivity index (χ0) is 10.4. The van der Waals surface area contributed by atoms with Crippen LogP contribution in [0.15, 0.2) is 12.1 Å². The minimum atomic E-state index is -0.377. The van der Waals surface area contributed by atoms with Crippen molar-refractivity contribution in [1.29, 1.82) is 0 Å². The molecule has 1 N–H and O–H groups in total. The molecular weight excluding hydrogens is 194 g/mol. The van der Waals surface area contributed by atoms with Crippen LogP contribution < -0.4 is 0 Å². The summed E-state index contributed by atoms with van der Waals surface area (Å²) in [5.41, 5.74) is 2.81. The molecule has 1 aromatic heterocycles. The van der Waals surface area contributed by atoms with Gasteiger partial charge in [-0.05, 0) is 24.8 Å². The largest absolute Gasteiger partial charge is 0.297 e. The Balaban J connectivity index is 2.41. The molecule has 0 bridgehead atoms. The summed E-state index contributed by atoms with van der Waals surface area (Å²) in [7, 11) is 0. The lowest BCUT2D eigenvalue weighted by molar-refractivity contribution is -0.383. The third kappa shape index (κ3) is 1.06. The number of aryl methyl sites for hydroxylation is 2. The number of rotatable bonds is 1. The van der Waals surface area contributed by atoms with Crippen LogP contribution in [0.2, 0.25) is 0 Å². The Labute approximate surface area is 85.3 Å². The van der Waals surface area contributed by atoms with E-state index in [9.17, 15) is 10.1 Å². The van der Waals surface area contributed by atoms with Gasteiger partial charge in [0.05, 0.1) is 4.92 Å². The van der Waals surface area contributed by atoms with E-state index in [4.69, 9.17) is 0 Å². The van der Waals surface area contributed by atoms with Gasteiger partial charge in [0.25, 0.3) is 5.69 Å². The van der Waals surface area contributed by atoms with Crippen LogP contribution in [0.3, 0.4) is 0 Å². The van der Waals surface area contributed by atoms with E-state index >= 15 is 0 Å². The van der Waals surface area contributed by atoms with Gasteiger partial charge < -0.3 is 0 Å². The lowest BCUT2D eigenvalue weighted by Gasteiger charge is -2.10. The maximum absolute atomic E-state index is 10.8. The Hall–Kier alpha value is -1.91. The van der Waals surface area contributed by atoms with Gasteiger partial charge >= 0.3 is 0 Å². The summed E-state index contributed by atoms with van der Waals surface area (Å²) in [5, 5.41) is 18.7. The van der Waals surface area contributed by atoms with E-state index < -0.39 is 0 Å². The number of hydrogen-bond donors (Lipinski definition) is 1. The van der Waals surface area contributed by atoms with E-state index in [0.717, 1.165) is 30.3 Å². The highest BCUT2D eigenvalue weighted by atomic mass is 16.6. The van der Waals surface area contributed by atoms with E-state index in [1.165, 1.54) is 5.56 Å². The quantitative estimate of drug-likeness (QED) is 0.568. The molecule has 1 aliphatic rings. The summed E-state index contributed by atoms with van der Waals surface area (Å²) < 4.78 is 0. The number of nitrogens with zero attached hydrogens (tertiary/aromatic N) is 2. The van der Waals surface area contributed by atoms with E-state index in [2.05, 4.69) is 10.2 Å². The number of nitrogens with one attached hydrogen (secondary N) is 1. The Morgan fingerprint density at radius 1 is 1.40 bits per heavy atom. The third-order valence-corrected chi connectivity index (χ3v) is 2.92. The van der Waals surface area contributed by atoms with Crippen molar-refractivity contribution in [1.82, 2.24) is 10.2 Å². The fourth-order valence-electron chi connectivity index (χ4n) is 2.24. The van der Waals surface area contributed by atoms with Gasteiger partial charge in [0.1, 0.15) is 0 Å². The second-order valence-electron chi connectivity index (χ2n) is 3.78. The number of hydrogen-bond acceptors (Lipinski definition) is 3. The first-order valence-electron chi connectivity index (χ1n) is 4.90. The molecule has 0 saturated heterocycles. The van der Waals surface area contributed by atoms with Gasteiger partial charge in [-0.25, -0.2) is 0 Å². The Kier molecular flexibility index (Phi) is 1.56. The standard InChI is InChI=1S/C10H9N3O2/c14-13(15)8-5-4-6-2-1-3-7-9(6)10(8)12-11-7/h4-5H,1-3H2,(H,11,12). The number of nitro benzene ring substituents is 1. The summed E-state index contributed by atoms with van der Waals surface area (Å²) in [4.78, 5) is 10.4. The van der Waals surface area contributed by atoms with Crippen molar-refractivity contribution in [2.45, 2.75) is 19.3 Å². The SMILES string of the molecule is O=[N+]([O-])c1ccc2c3c([nH]nc13)CCC2. The average Bonchev–Trinajstić information content (AvgIpc) is 2.65. The van der Waals surface area contributed by atoms with Crippen LogP contribution in [0.5, 0.6) is 0 Å². The smallest absolute Gasteiger partial charge is 0.281 e. The topological polar surface area (TPSA) is 71.8 Å². The van der Waals surface area contributed by atoms with Crippen molar-refractivity contribution in [3.8, 4) is 0 Å². The normalized spacial score (nSPS) is 14.4. The number of benzene rings is 1. The van der Waals surface area contributed by atoms with Crippen LogP contribution >= 0.6 is 0 Å². The Bertz CT molecular complexity index is 559. The maximum atomic E-state index is 10.8. The van der Waals surface area contributed by atoms with Crippen molar-refractivity contribution in [3.63, 3.8) is 0 Å². The van der Waals surface area contributed by atoms with Crippen molar-refractivity contribution < 1.29 is 4.92 Å². The van der Waals surface area contributed by atoms with Crippen LogP contribution in [0.1, 0.15) is 17.7 Å². The van der Waals surface area contributed by atoms with Gasteiger partial charge in [-0.1, -0.05) is 6.07 Å². The second kappa shape index (κ2) is 2.79. The minimum Gasteiger partial charge on any atom is -0.281 e. The van der Waals surface area contributed by atoms with Crippen molar-refractivity contribution in [2.24, 2.45) is 0 Å². The number of aromatic amines is 1. The van der Waals surface area contributed by atoms with Crippen LogP contribution in [-0.2, 0) is 12.8 Å². The molecule has 0 radical (unpaired) electrons. The summed E-state index contributed by atoms with van der Waals surface area (Å²) >= 11 is 0. The van der Waals surface area contributed by atoms with Gasteiger partial charge in [-0.3, -0.25) is 15.2 Å². The molecule has 5 heteroatoms. The minimum absolute atomic E-state index is 0.0955. The predicted molar refractivity (Wildman–Crippen MR) is 54.8 cm³/mol. The Morgan fingerprint density at radius 3 is 3.07 bits per heavy atom. The molecule has 3 rings (SSSR count). The summed E-state index contributed by atoms with van der Waals surface area (Å²) in [5.74, 6) is 0. The number of aromatic nitrogens is 2. The molecule has 15 heavy (non-hydrogen) atoms. The molecule has 2 aromatic rings. The molecule has 0 fully saturated rings. The third-order valence-electron chi connectivity index (χ3n) is 2.92. The number of H-pyrrole nitrogens is 1. The van der Waals surface area contributed by atoms with Crippen molar-refractivity contribution >= 4 is 16.6 Å². The second-order valence-corrected chi connectivity index (χ2v) is 3.78. The van der Waals surface area contributed by atoms with Crippen LogP contribution in [0, 0.1) is 10.1 Å². The fourth-order valence-corrected chi connectivity index (χ4v) is 2.24. The molecule has 0 unspecified atom stereocenters. The first-order chi connectivity index (χ1) is 7.27. The van der Waals surface area contributed by atoms with Crippen LogP contribution in [-0.4, -0.2) is 15.1 Å². The Morgan fingerprint density at radius 2 is 2.27 bits per heavy atom. The molecule has 0 spiro atoms. The maximum Gasteiger partial charge on any atom is 0.297 e. The summed E-state index contributed by atoms with van der Waals surface area (Å²) in [6.07, 6.45) is 3.01. The monoisotopic (exact) mass is 203 g/mol. The molecule has 1 aliphatic carbocycles. The average molecular weight is 203 g/mol. The van der Waals surface area contributed by atoms with Gasteiger partial charge in [0.2, 0.25) is 0 Å². The molecule has 0 aliphatic heterocycles. The number of non-ortho nitro benzene ring substituents is 1. The molecule has 1 aromatic carbocycles. The zero-order valence-corrected chi connectivity index (χ0v) is 7.99. The van der Waals surface area contributed by atoms with Gasteiger partial charge in [0, 0.05) is 17.1 Å². The lowest BCUT2D eigenvalue weighted by Crippen LogP contribution is -2.00. The van der Waals surface area contributed by atoms with Crippen LogP contribution in [0.4, 0.5) is 5.69 Å². The molecule has 1 heterocycles.